The summed E-state index contributed by atoms with van der Waals surface area (Å²) in [5.74, 6) is 2.94. The number of para-hydroxylation sites is 4. The minimum atomic E-state index is 0.899. The number of fused-ring (bicyclic) bond motifs is 2. The molecule has 0 aromatic heterocycles. The van der Waals surface area contributed by atoms with Crippen LogP contribution < -0.4 is 9.64 Å². The summed E-state index contributed by atoms with van der Waals surface area (Å²) in [4.78, 5) is 6.88. The Morgan fingerprint density at radius 2 is 1.53 bits per heavy atom. The van der Waals surface area contributed by atoms with E-state index in [0.717, 1.165) is 48.1 Å². The fourth-order valence-corrected chi connectivity index (χ4v) is 2.69. The summed E-state index contributed by atoms with van der Waals surface area (Å²) in [6.45, 7) is 0.928. The van der Waals surface area contributed by atoms with Crippen LogP contribution in [-0.2, 0) is 0 Å². The van der Waals surface area contributed by atoms with Crippen molar-refractivity contribution in [1.29, 1.82) is 0 Å². The van der Waals surface area contributed by atoms with E-state index in [2.05, 4.69) is 22.0 Å². The third-order valence-electron chi connectivity index (χ3n) is 3.54. The summed E-state index contributed by atoms with van der Waals surface area (Å²) in [6, 6.07) is 16.3. The van der Waals surface area contributed by atoms with Crippen molar-refractivity contribution in [3.63, 3.8) is 0 Å². The maximum atomic E-state index is 5.97. The van der Waals surface area contributed by atoms with Crippen molar-refractivity contribution in [3.05, 3.63) is 48.5 Å². The lowest BCUT2D eigenvalue weighted by Gasteiger charge is -2.32. The Balaban J connectivity index is 1.93. The zero-order valence-corrected chi connectivity index (χ0v) is 10.5. The predicted molar refractivity (Wildman–Crippen MR) is 76.6 cm³/mol. The largest absolute Gasteiger partial charge is 0.453 e. The Hall–Kier alpha value is -2.29. The molecule has 4 rings (SSSR count). The van der Waals surface area contributed by atoms with Crippen LogP contribution in [0.5, 0.6) is 11.5 Å². The molecule has 0 saturated heterocycles. The normalized spacial score (nSPS) is 16.4. The Bertz CT molecular complexity index is 618. The van der Waals surface area contributed by atoms with Gasteiger partial charge in [0.1, 0.15) is 5.84 Å². The molecule has 3 nitrogen and oxygen atoms in total. The molecule has 19 heavy (non-hydrogen) atoms. The molecule has 2 heterocycles. The first kappa shape index (κ1) is 10.6. The molecule has 0 spiro atoms. The quantitative estimate of drug-likeness (QED) is 0.702. The van der Waals surface area contributed by atoms with Gasteiger partial charge in [-0.05, 0) is 30.7 Å². The average Bonchev–Trinajstić information content (AvgIpc) is 2.98. The lowest BCUT2D eigenvalue weighted by atomic mass is 10.1. The number of amidine groups is 1. The molecular formula is C16H14N2O. The average molecular weight is 250 g/mol. The fraction of sp³-hybridized carbons (Fsp3) is 0.188. The van der Waals surface area contributed by atoms with Gasteiger partial charge in [0.25, 0.3) is 0 Å². The monoisotopic (exact) mass is 250 g/mol. The molecule has 2 aliphatic heterocycles. The molecule has 94 valence electrons. The number of nitrogens with zero attached hydrogens (tertiary/aromatic N) is 2. The van der Waals surface area contributed by atoms with E-state index >= 15 is 0 Å². The van der Waals surface area contributed by atoms with Crippen LogP contribution in [0.4, 0.5) is 11.4 Å². The van der Waals surface area contributed by atoms with E-state index in [1.807, 2.05) is 36.4 Å². The summed E-state index contributed by atoms with van der Waals surface area (Å²) in [7, 11) is 0. The lowest BCUT2D eigenvalue weighted by Crippen LogP contribution is -2.27. The van der Waals surface area contributed by atoms with Crippen LogP contribution in [0.15, 0.2) is 53.5 Å². The van der Waals surface area contributed by atoms with Crippen molar-refractivity contribution < 1.29 is 4.74 Å². The van der Waals surface area contributed by atoms with Gasteiger partial charge in [-0.2, -0.15) is 0 Å². The minimum Gasteiger partial charge on any atom is -0.453 e. The standard InChI is InChI=1S/C16H14N2O/c1-3-8-14-12(6-1)18(16-10-5-11-17-16)13-7-2-4-9-15(13)19-14/h1-4,6-9H,5,10-11H2. The van der Waals surface area contributed by atoms with Gasteiger partial charge in [-0.25, -0.2) is 0 Å². The first-order valence-corrected chi connectivity index (χ1v) is 6.63. The molecule has 2 aromatic rings. The van der Waals surface area contributed by atoms with Crippen LogP contribution in [-0.4, -0.2) is 12.4 Å². The number of hydrogen-bond acceptors (Lipinski definition) is 3. The highest BCUT2D eigenvalue weighted by Crippen LogP contribution is 2.47. The first-order valence-electron chi connectivity index (χ1n) is 6.63. The lowest BCUT2D eigenvalue weighted by molar-refractivity contribution is 0.477. The molecule has 0 bridgehead atoms. The van der Waals surface area contributed by atoms with Crippen LogP contribution in [0.3, 0.4) is 0 Å². The van der Waals surface area contributed by atoms with Crippen molar-refractivity contribution in [2.24, 2.45) is 4.99 Å². The SMILES string of the molecule is c1ccc2c(c1)Oc1ccccc1N2C1=NCCC1. The highest BCUT2D eigenvalue weighted by Gasteiger charge is 2.28. The molecule has 2 aromatic carbocycles. The molecule has 0 aliphatic carbocycles. The van der Waals surface area contributed by atoms with Crippen LogP contribution >= 0.6 is 0 Å². The molecule has 0 unspecified atom stereocenters. The molecule has 0 fully saturated rings. The van der Waals surface area contributed by atoms with Crippen molar-refractivity contribution in [1.82, 2.24) is 0 Å². The van der Waals surface area contributed by atoms with E-state index in [0.29, 0.717) is 0 Å². The van der Waals surface area contributed by atoms with Gasteiger partial charge in [0.2, 0.25) is 0 Å². The number of benzene rings is 2. The molecule has 0 N–H and O–H groups in total. The zero-order valence-electron chi connectivity index (χ0n) is 10.5. The van der Waals surface area contributed by atoms with E-state index < -0.39 is 0 Å². The number of aliphatic imine (C=N–C) groups is 1. The number of anilines is 2. The second-order valence-corrected chi connectivity index (χ2v) is 4.77. The fourth-order valence-electron chi connectivity index (χ4n) is 2.69. The smallest absolute Gasteiger partial charge is 0.151 e. The summed E-state index contributed by atoms with van der Waals surface area (Å²) in [5, 5.41) is 0. The van der Waals surface area contributed by atoms with Crippen molar-refractivity contribution in [3.8, 4) is 11.5 Å². The number of rotatable bonds is 0. The summed E-state index contributed by atoms with van der Waals surface area (Å²) in [6.07, 6.45) is 2.17. The van der Waals surface area contributed by atoms with E-state index in [9.17, 15) is 0 Å². The van der Waals surface area contributed by atoms with Crippen LogP contribution in [0.1, 0.15) is 12.8 Å². The summed E-state index contributed by atoms with van der Waals surface area (Å²) < 4.78 is 5.97. The minimum absolute atomic E-state index is 0.899. The highest BCUT2D eigenvalue weighted by atomic mass is 16.5. The van der Waals surface area contributed by atoms with Crippen molar-refractivity contribution in [2.75, 3.05) is 11.4 Å². The van der Waals surface area contributed by atoms with Gasteiger partial charge in [-0.1, -0.05) is 24.3 Å². The maximum Gasteiger partial charge on any atom is 0.151 e. The Labute approximate surface area is 112 Å². The summed E-state index contributed by atoms with van der Waals surface area (Å²) in [5.41, 5.74) is 2.17. The zero-order chi connectivity index (χ0) is 12.7. The van der Waals surface area contributed by atoms with Crippen molar-refractivity contribution in [2.45, 2.75) is 12.8 Å². The number of ether oxygens (including phenoxy) is 1. The molecule has 2 aliphatic rings. The second kappa shape index (κ2) is 4.12. The topological polar surface area (TPSA) is 24.8 Å². The van der Waals surface area contributed by atoms with Crippen LogP contribution in [0, 0.1) is 0 Å². The Morgan fingerprint density at radius 1 is 0.895 bits per heavy atom. The van der Waals surface area contributed by atoms with E-state index in [4.69, 9.17) is 4.74 Å². The van der Waals surface area contributed by atoms with Gasteiger partial charge in [0.15, 0.2) is 11.5 Å². The van der Waals surface area contributed by atoms with E-state index in [-0.39, 0.29) is 0 Å². The third kappa shape index (κ3) is 1.62. The van der Waals surface area contributed by atoms with Crippen LogP contribution in [0.2, 0.25) is 0 Å². The third-order valence-corrected chi connectivity index (χ3v) is 3.54. The summed E-state index contributed by atoms with van der Waals surface area (Å²) >= 11 is 0. The number of hydrogen-bond donors (Lipinski definition) is 0. The van der Waals surface area contributed by atoms with Gasteiger partial charge < -0.3 is 4.74 Å². The molecule has 0 amide bonds. The molecular weight excluding hydrogens is 236 g/mol. The molecule has 0 saturated carbocycles. The molecule has 0 radical (unpaired) electrons. The van der Waals surface area contributed by atoms with Crippen LogP contribution in [0.25, 0.3) is 0 Å². The second-order valence-electron chi connectivity index (χ2n) is 4.77. The van der Waals surface area contributed by atoms with Gasteiger partial charge >= 0.3 is 0 Å². The molecule has 0 atom stereocenters. The first-order chi connectivity index (χ1) is 9.43. The Kier molecular flexibility index (Phi) is 2.30. The van der Waals surface area contributed by atoms with E-state index in [1.54, 1.807) is 0 Å². The maximum absolute atomic E-state index is 5.97. The Morgan fingerprint density at radius 3 is 2.11 bits per heavy atom. The van der Waals surface area contributed by atoms with Gasteiger partial charge in [0, 0.05) is 13.0 Å². The van der Waals surface area contributed by atoms with Gasteiger partial charge in [-0.15, -0.1) is 0 Å². The van der Waals surface area contributed by atoms with Crippen molar-refractivity contribution >= 4 is 17.2 Å². The predicted octanol–water partition coefficient (Wildman–Crippen LogP) is 4.12. The molecule has 3 heteroatoms. The van der Waals surface area contributed by atoms with E-state index in [1.165, 1.54) is 0 Å². The highest BCUT2D eigenvalue weighted by molar-refractivity contribution is 6.07. The van der Waals surface area contributed by atoms with Gasteiger partial charge in [-0.3, -0.25) is 9.89 Å². The van der Waals surface area contributed by atoms with Gasteiger partial charge in [0.05, 0.1) is 11.4 Å².